The van der Waals surface area contributed by atoms with E-state index in [4.69, 9.17) is 4.74 Å². The molecule has 1 aromatic heterocycles. The highest BCUT2D eigenvalue weighted by Gasteiger charge is 2.21. The highest BCUT2D eigenvalue weighted by atomic mass is 16.5. The van der Waals surface area contributed by atoms with Gasteiger partial charge in [-0.2, -0.15) is 0 Å². The smallest absolute Gasteiger partial charge is 0.232 e. The number of hydrogen-bond acceptors (Lipinski definition) is 4. The van der Waals surface area contributed by atoms with Gasteiger partial charge in [-0.15, -0.1) is 0 Å². The molecular weight excluding hydrogens is 238 g/mol. The average molecular weight is 261 g/mol. The molecule has 104 valence electrons. The number of nitrogens with one attached hydrogen (secondary N) is 1. The number of rotatable bonds is 5. The molecular formula is C15H23N3O. The van der Waals surface area contributed by atoms with Crippen LogP contribution in [0.4, 0.5) is 0 Å². The number of nitrogens with zero attached hydrogens (tertiary/aromatic N) is 2. The Morgan fingerprint density at radius 2 is 1.95 bits per heavy atom. The summed E-state index contributed by atoms with van der Waals surface area (Å²) in [5, 5.41) is 3.45. The van der Waals surface area contributed by atoms with Crippen LogP contribution < -0.4 is 10.1 Å². The van der Waals surface area contributed by atoms with Gasteiger partial charge in [-0.1, -0.05) is 6.92 Å². The Bertz CT molecular complexity index is 412. The molecule has 0 unspecified atom stereocenters. The lowest BCUT2D eigenvalue weighted by molar-refractivity contribution is 0.129. The third kappa shape index (κ3) is 3.90. The predicted molar refractivity (Wildman–Crippen MR) is 73.9 cm³/mol. The Balaban J connectivity index is 1.53. The maximum atomic E-state index is 5.97. The van der Waals surface area contributed by atoms with Gasteiger partial charge in [0.05, 0.1) is 11.9 Å². The molecule has 0 aromatic carbocycles. The van der Waals surface area contributed by atoms with Crippen molar-refractivity contribution in [2.45, 2.75) is 64.1 Å². The molecule has 0 bridgehead atoms. The summed E-state index contributed by atoms with van der Waals surface area (Å²) in [5.41, 5.74) is 0.980. The minimum atomic E-state index is 0.331. The van der Waals surface area contributed by atoms with Crippen LogP contribution in [0, 0.1) is 5.92 Å². The molecule has 2 fully saturated rings. The van der Waals surface area contributed by atoms with Gasteiger partial charge in [0.25, 0.3) is 0 Å². The van der Waals surface area contributed by atoms with Crippen LogP contribution in [-0.2, 0) is 6.54 Å². The molecule has 4 heteroatoms. The van der Waals surface area contributed by atoms with E-state index in [0.717, 1.165) is 31.0 Å². The van der Waals surface area contributed by atoms with Crippen LogP contribution in [0.25, 0.3) is 0 Å². The van der Waals surface area contributed by atoms with Crippen molar-refractivity contribution < 1.29 is 4.74 Å². The molecule has 1 N–H and O–H groups in total. The van der Waals surface area contributed by atoms with Gasteiger partial charge in [0.2, 0.25) is 5.88 Å². The zero-order chi connectivity index (χ0) is 13.1. The van der Waals surface area contributed by atoms with Gasteiger partial charge in [0.15, 0.2) is 0 Å². The molecule has 2 aliphatic rings. The average Bonchev–Trinajstić information content (AvgIpc) is 3.24. The summed E-state index contributed by atoms with van der Waals surface area (Å²) < 4.78 is 5.97. The molecule has 0 spiro atoms. The van der Waals surface area contributed by atoms with E-state index in [0.29, 0.717) is 18.0 Å². The van der Waals surface area contributed by atoms with E-state index >= 15 is 0 Å². The SMILES string of the molecule is CC1CCC(Oc2cncc(CNC3CC3)n2)CC1. The zero-order valence-corrected chi connectivity index (χ0v) is 11.6. The van der Waals surface area contributed by atoms with E-state index in [1.54, 1.807) is 6.20 Å². The fourth-order valence-corrected chi connectivity index (χ4v) is 2.58. The highest BCUT2D eigenvalue weighted by Crippen LogP contribution is 2.26. The molecule has 3 rings (SSSR count). The first-order valence-electron chi connectivity index (χ1n) is 7.50. The van der Waals surface area contributed by atoms with Gasteiger partial charge < -0.3 is 10.1 Å². The Morgan fingerprint density at radius 3 is 2.68 bits per heavy atom. The van der Waals surface area contributed by atoms with E-state index in [9.17, 15) is 0 Å². The normalized spacial score (nSPS) is 27.2. The molecule has 0 amide bonds. The van der Waals surface area contributed by atoms with Crippen molar-refractivity contribution in [2.75, 3.05) is 0 Å². The van der Waals surface area contributed by atoms with Gasteiger partial charge in [-0.3, -0.25) is 4.98 Å². The van der Waals surface area contributed by atoms with E-state index in [1.165, 1.54) is 25.7 Å². The maximum Gasteiger partial charge on any atom is 0.232 e. The van der Waals surface area contributed by atoms with Gasteiger partial charge in [0, 0.05) is 18.8 Å². The van der Waals surface area contributed by atoms with Crippen molar-refractivity contribution in [1.29, 1.82) is 0 Å². The summed E-state index contributed by atoms with van der Waals surface area (Å²) in [6.45, 7) is 3.12. The Hall–Kier alpha value is -1.16. The molecule has 4 nitrogen and oxygen atoms in total. The van der Waals surface area contributed by atoms with Crippen molar-refractivity contribution in [2.24, 2.45) is 5.92 Å². The second kappa shape index (κ2) is 5.87. The quantitative estimate of drug-likeness (QED) is 0.885. The number of ether oxygens (including phenoxy) is 1. The van der Waals surface area contributed by atoms with Crippen molar-refractivity contribution >= 4 is 0 Å². The standard InChI is InChI=1S/C15H23N3O/c1-11-2-6-14(7-3-11)19-15-10-16-8-13(18-15)9-17-12-4-5-12/h8,10-12,14,17H,2-7,9H2,1H3. The van der Waals surface area contributed by atoms with Gasteiger partial charge >= 0.3 is 0 Å². The van der Waals surface area contributed by atoms with Crippen LogP contribution in [0.3, 0.4) is 0 Å². The second-order valence-electron chi connectivity index (χ2n) is 6.00. The molecule has 1 aromatic rings. The van der Waals surface area contributed by atoms with Crippen molar-refractivity contribution in [3.05, 3.63) is 18.1 Å². The van der Waals surface area contributed by atoms with Crippen molar-refractivity contribution in [1.82, 2.24) is 15.3 Å². The lowest BCUT2D eigenvalue weighted by Gasteiger charge is -2.26. The van der Waals surface area contributed by atoms with Gasteiger partial charge in [-0.25, -0.2) is 4.98 Å². The van der Waals surface area contributed by atoms with E-state index in [1.807, 2.05) is 6.20 Å². The van der Waals surface area contributed by atoms with E-state index < -0.39 is 0 Å². The maximum absolute atomic E-state index is 5.97. The highest BCUT2D eigenvalue weighted by molar-refractivity contribution is 5.09. The molecule has 2 aliphatic carbocycles. The van der Waals surface area contributed by atoms with E-state index in [2.05, 4.69) is 22.2 Å². The molecule has 19 heavy (non-hydrogen) atoms. The summed E-state index contributed by atoms with van der Waals surface area (Å²) in [4.78, 5) is 8.77. The van der Waals surface area contributed by atoms with E-state index in [-0.39, 0.29) is 0 Å². The molecule has 0 aliphatic heterocycles. The zero-order valence-electron chi connectivity index (χ0n) is 11.6. The number of hydrogen-bond donors (Lipinski definition) is 1. The summed E-state index contributed by atoms with van der Waals surface area (Å²) in [6.07, 6.45) is 11.3. The molecule has 0 atom stereocenters. The third-order valence-corrected chi connectivity index (χ3v) is 4.06. The lowest BCUT2D eigenvalue weighted by Crippen LogP contribution is -2.24. The first-order valence-corrected chi connectivity index (χ1v) is 7.50. The molecule has 0 radical (unpaired) electrons. The summed E-state index contributed by atoms with van der Waals surface area (Å²) in [5.74, 6) is 1.54. The molecule has 0 saturated heterocycles. The van der Waals surface area contributed by atoms with Crippen LogP contribution in [0.1, 0.15) is 51.1 Å². The predicted octanol–water partition coefficient (Wildman–Crippen LogP) is 2.69. The number of aromatic nitrogens is 2. The van der Waals surface area contributed by atoms with Gasteiger partial charge in [0.1, 0.15) is 6.10 Å². The van der Waals surface area contributed by atoms with Gasteiger partial charge in [-0.05, 0) is 44.4 Å². The Morgan fingerprint density at radius 1 is 1.16 bits per heavy atom. The molecule has 2 saturated carbocycles. The Kier molecular flexibility index (Phi) is 3.97. The summed E-state index contributed by atoms with van der Waals surface area (Å²) in [6, 6.07) is 0.700. The summed E-state index contributed by atoms with van der Waals surface area (Å²) in [7, 11) is 0. The Labute approximate surface area is 115 Å². The first-order chi connectivity index (χ1) is 9.29. The summed E-state index contributed by atoms with van der Waals surface area (Å²) >= 11 is 0. The van der Waals surface area contributed by atoms with Crippen LogP contribution >= 0.6 is 0 Å². The fourth-order valence-electron chi connectivity index (χ4n) is 2.58. The monoisotopic (exact) mass is 261 g/mol. The van der Waals surface area contributed by atoms with Crippen molar-refractivity contribution in [3.63, 3.8) is 0 Å². The molecule has 1 heterocycles. The minimum Gasteiger partial charge on any atom is -0.473 e. The largest absolute Gasteiger partial charge is 0.473 e. The second-order valence-corrected chi connectivity index (χ2v) is 6.00. The third-order valence-electron chi connectivity index (χ3n) is 4.06. The van der Waals surface area contributed by atoms with Crippen LogP contribution in [0.15, 0.2) is 12.4 Å². The van der Waals surface area contributed by atoms with Crippen molar-refractivity contribution in [3.8, 4) is 5.88 Å². The topological polar surface area (TPSA) is 47.0 Å². The minimum absolute atomic E-state index is 0.331. The first kappa shape index (κ1) is 12.9. The lowest BCUT2D eigenvalue weighted by atomic mass is 9.89. The van der Waals surface area contributed by atoms with Crippen LogP contribution in [0.2, 0.25) is 0 Å². The fraction of sp³-hybridized carbons (Fsp3) is 0.733. The van der Waals surface area contributed by atoms with Crippen LogP contribution in [-0.4, -0.2) is 22.1 Å². The van der Waals surface area contributed by atoms with Crippen LogP contribution in [0.5, 0.6) is 5.88 Å².